The van der Waals surface area contributed by atoms with Gasteiger partial charge in [0.25, 0.3) is 0 Å². The van der Waals surface area contributed by atoms with Crippen LogP contribution in [0.25, 0.3) is 10.9 Å². The van der Waals surface area contributed by atoms with Crippen LogP contribution >= 0.6 is 7.82 Å². The van der Waals surface area contributed by atoms with Crippen molar-refractivity contribution in [3.8, 4) is 5.75 Å². The molecule has 0 unspecified atom stereocenters. The predicted molar refractivity (Wildman–Crippen MR) is 96.3 cm³/mol. The van der Waals surface area contributed by atoms with E-state index < -0.39 is 7.82 Å². The molecule has 0 radical (unpaired) electrons. The molecule has 0 aliphatic rings. The van der Waals surface area contributed by atoms with Gasteiger partial charge in [-0.25, -0.2) is 4.57 Å². The number of aromatic amines is 1. The molecule has 132 valence electrons. The van der Waals surface area contributed by atoms with E-state index in [1.165, 1.54) is 0 Å². The summed E-state index contributed by atoms with van der Waals surface area (Å²) in [6, 6.07) is 5.19. The molecule has 7 heteroatoms. The van der Waals surface area contributed by atoms with Crippen LogP contribution in [0.5, 0.6) is 5.75 Å². The number of H-pyrrole nitrogens is 1. The normalized spacial score (nSPS) is 12.0. The highest BCUT2D eigenvalue weighted by atomic mass is 31.2. The minimum Gasteiger partial charge on any atom is -0.404 e. The average molecular weight is 352 g/mol. The Labute approximate surface area is 142 Å². The number of nitrogens with zero attached hydrogens (tertiary/aromatic N) is 1. The van der Waals surface area contributed by atoms with Crippen LogP contribution in [0.1, 0.15) is 24.6 Å². The van der Waals surface area contributed by atoms with Crippen molar-refractivity contribution >= 4 is 18.7 Å². The first-order valence-corrected chi connectivity index (χ1v) is 9.57. The van der Waals surface area contributed by atoms with E-state index in [0.717, 1.165) is 54.6 Å². The third-order valence-electron chi connectivity index (χ3n) is 3.93. The molecule has 1 aromatic heterocycles. The fourth-order valence-corrected chi connectivity index (χ4v) is 3.40. The van der Waals surface area contributed by atoms with E-state index in [1.54, 1.807) is 12.1 Å². The Bertz CT molecular complexity index is 750. The maximum Gasteiger partial charge on any atom is 0.524 e. The van der Waals surface area contributed by atoms with Crippen LogP contribution in [0.4, 0.5) is 0 Å². The summed E-state index contributed by atoms with van der Waals surface area (Å²) in [5, 5.41) is 0.744. The molecule has 0 saturated carbocycles. The van der Waals surface area contributed by atoms with Gasteiger partial charge in [0, 0.05) is 29.7 Å². The van der Waals surface area contributed by atoms with Gasteiger partial charge in [0.15, 0.2) is 0 Å². The topological polar surface area (TPSA) is 85.8 Å². The highest BCUT2D eigenvalue weighted by molar-refractivity contribution is 7.46. The van der Waals surface area contributed by atoms with Gasteiger partial charge in [-0.15, -0.1) is 6.58 Å². The predicted octanol–water partition coefficient (Wildman–Crippen LogP) is 3.39. The molecule has 0 bridgehead atoms. The van der Waals surface area contributed by atoms with Crippen LogP contribution in [-0.4, -0.2) is 39.3 Å². The van der Waals surface area contributed by atoms with Gasteiger partial charge in [0.05, 0.1) is 0 Å². The van der Waals surface area contributed by atoms with Crippen molar-refractivity contribution < 1.29 is 18.9 Å². The summed E-state index contributed by atoms with van der Waals surface area (Å²) in [6.07, 6.45) is 3.72. The van der Waals surface area contributed by atoms with Crippen molar-refractivity contribution in [3.05, 3.63) is 42.1 Å². The Morgan fingerprint density at radius 2 is 2.12 bits per heavy atom. The van der Waals surface area contributed by atoms with E-state index in [9.17, 15) is 4.57 Å². The molecule has 2 aromatic rings. The van der Waals surface area contributed by atoms with Gasteiger partial charge in [0.1, 0.15) is 5.75 Å². The second-order valence-electron chi connectivity index (χ2n) is 5.83. The number of rotatable bonds is 9. The molecule has 0 atom stereocenters. The van der Waals surface area contributed by atoms with Gasteiger partial charge in [-0.1, -0.05) is 19.1 Å². The van der Waals surface area contributed by atoms with Crippen LogP contribution in [0, 0.1) is 6.92 Å². The van der Waals surface area contributed by atoms with Gasteiger partial charge in [-0.05, 0) is 44.0 Å². The van der Waals surface area contributed by atoms with Crippen molar-refractivity contribution in [2.45, 2.75) is 26.7 Å². The van der Waals surface area contributed by atoms with E-state index in [0.29, 0.717) is 0 Å². The number of hydrogen-bond acceptors (Lipinski definition) is 3. The van der Waals surface area contributed by atoms with Crippen LogP contribution in [0.2, 0.25) is 0 Å². The summed E-state index contributed by atoms with van der Waals surface area (Å²) >= 11 is 0. The Morgan fingerprint density at radius 3 is 2.75 bits per heavy atom. The third kappa shape index (κ3) is 4.71. The maximum atomic E-state index is 11.2. The van der Waals surface area contributed by atoms with Gasteiger partial charge >= 0.3 is 7.82 Å². The molecule has 1 heterocycles. The van der Waals surface area contributed by atoms with E-state index in [4.69, 9.17) is 14.3 Å². The van der Waals surface area contributed by atoms with Crippen LogP contribution in [0.15, 0.2) is 30.9 Å². The lowest BCUT2D eigenvalue weighted by Gasteiger charge is -2.20. The van der Waals surface area contributed by atoms with E-state index >= 15 is 0 Å². The minimum absolute atomic E-state index is 0.214. The Hall–Kier alpha value is -1.59. The molecule has 3 N–H and O–H groups in total. The van der Waals surface area contributed by atoms with Crippen molar-refractivity contribution in [2.24, 2.45) is 0 Å². The van der Waals surface area contributed by atoms with E-state index in [-0.39, 0.29) is 5.75 Å². The van der Waals surface area contributed by atoms with Crippen LogP contribution < -0.4 is 4.52 Å². The van der Waals surface area contributed by atoms with Crippen molar-refractivity contribution in [3.63, 3.8) is 0 Å². The summed E-state index contributed by atoms with van der Waals surface area (Å²) in [6.45, 7) is 10.6. The number of aryl methyl sites for hydroxylation is 1. The second-order valence-corrected chi connectivity index (χ2v) is 6.99. The second kappa shape index (κ2) is 7.99. The average Bonchev–Trinajstić information content (AvgIpc) is 2.80. The molecule has 24 heavy (non-hydrogen) atoms. The van der Waals surface area contributed by atoms with Gasteiger partial charge in [-0.2, -0.15) is 0 Å². The smallest absolute Gasteiger partial charge is 0.404 e. The molecular formula is C17H25N2O4P. The zero-order valence-corrected chi connectivity index (χ0v) is 15.1. The molecule has 0 amide bonds. The van der Waals surface area contributed by atoms with Crippen molar-refractivity contribution in [1.82, 2.24) is 9.88 Å². The number of phosphoric acid groups is 1. The summed E-state index contributed by atoms with van der Waals surface area (Å²) in [5.74, 6) is 0.214. The van der Waals surface area contributed by atoms with Gasteiger partial charge < -0.3 is 9.51 Å². The fourth-order valence-electron chi connectivity index (χ4n) is 2.99. The minimum atomic E-state index is -4.60. The first kappa shape index (κ1) is 18.7. The third-order valence-corrected chi connectivity index (χ3v) is 4.36. The number of hydrogen-bond donors (Lipinski definition) is 3. The summed E-state index contributed by atoms with van der Waals surface area (Å²) in [5.41, 5.74) is 2.83. The van der Waals surface area contributed by atoms with Crippen LogP contribution in [-0.2, 0) is 11.0 Å². The number of benzene rings is 1. The Kier molecular flexibility index (Phi) is 6.24. The van der Waals surface area contributed by atoms with Crippen molar-refractivity contribution in [2.75, 3.05) is 19.6 Å². The van der Waals surface area contributed by atoms with E-state index in [2.05, 4.69) is 23.4 Å². The quantitative estimate of drug-likeness (QED) is 0.476. The molecule has 6 nitrogen and oxygen atoms in total. The highest BCUT2D eigenvalue weighted by Gasteiger charge is 2.21. The molecule has 0 spiro atoms. The molecule has 0 aliphatic heterocycles. The van der Waals surface area contributed by atoms with Crippen LogP contribution in [0.3, 0.4) is 0 Å². The van der Waals surface area contributed by atoms with E-state index in [1.807, 2.05) is 19.1 Å². The highest BCUT2D eigenvalue weighted by Crippen LogP contribution is 2.42. The Morgan fingerprint density at radius 1 is 1.38 bits per heavy atom. The number of phosphoric ester groups is 1. The summed E-state index contributed by atoms with van der Waals surface area (Å²) in [7, 11) is -4.60. The number of aromatic nitrogens is 1. The lowest BCUT2D eigenvalue weighted by atomic mass is 10.1. The zero-order chi connectivity index (χ0) is 17.7. The largest absolute Gasteiger partial charge is 0.524 e. The number of nitrogens with one attached hydrogen (secondary N) is 1. The van der Waals surface area contributed by atoms with Gasteiger partial charge in [-0.3, -0.25) is 14.7 Å². The van der Waals surface area contributed by atoms with Gasteiger partial charge in [0.2, 0.25) is 0 Å². The first-order chi connectivity index (χ1) is 11.4. The summed E-state index contributed by atoms with van der Waals surface area (Å²) in [4.78, 5) is 23.9. The monoisotopic (exact) mass is 352 g/mol. The molecule has 0 saturated heterocycles. The lowest BCUT2D eigenvalue weighted by Crippen LogP contribution is -2.27. The van der Waals surface area contributed by atoms with Crippen molar-refractivity contribution in [1.29, 1.82) is 0 Å². The summed E-state index contributed by atoms with van der Waals surface area (Å²) < 4.78 is 16.1. The molecule has 0 aliphatic carbocycles. The molecule has 2 rings (SSSR count). The SMILES string of the molecule is C=CCN(CCC)CCc1c(C)[nH]c2cccc(OP(=O)(O)O)c12. The molecule has 1 aromatic carbocycles. The fraction of sp³-hybridized carbons (Fsp3) is 0.412. The lowest BCUT2D eigenvalue weighted by molar-refractivity contribution is 0.284. The zero-order valence-electron chi connectivity index (χ0n) is 14.2. The Balaban J connectivity index is 2.33. The maximum absolute atomic E-state index is 11.2. The molecular weight excluding hydrogens is 327 g/mol. The molecule has 0 fully saturated rings. The number of fused-ring (bicyclic) bond motifs is 1. The standard InChI is InChI=1S/C17H25N2O4P/c1-4-10-19(11-5-2)12-9-14-13(3)18-15-7-6-8-16(17(14)15)23-24(20,21)22/h4,6-8,18H,1,5,9-12H2,2-3H3,(H2,20,21,22). The first-order valence-electron chi connectivity index (χ1n) is 8.04.